The highest BCUT2D eigenvalue weighted by Gasteiger charge is 2.44. The van der Waals surface area contributed by atoms with E-state index in [0.29, 0.717) is 0 Å². The molecule has 0 saturated heterocycles. The summed E-state index contributed by atoms with van der Waals surface area (Å²) in [7, 11) is 2.00. The number of carboxylic acid groups (broad SMARTS) is 1. The fourth-order valence-electron chi connectivity index (χ4n) is 2.19. The monoisotopic (exact) mass is 223 g/mol. The molecule has 16 heavy (non-hydrogen) atoms. The predicted molar refractivity (Wildman–Crippen MR) is 59.0 cm³/mol. The molecule has 1 fully saturated rings. The average Bonchev–Trinajstić information content (AvgIpc) is 2.74. The number of hydrogen-bond donors (Lipinski definition) is 1. The zero-order valence-corrected chi connectivity index (χ0v) is 9.48. The number of rotatable bonds is 6. The fourth-order valence-corrected chi connectivity index (χ4v) is 2.19. The van der Waals surface area contributed by atoms with Gasteiger partial charge < -0.3 is 9.52 Å². The summed E-state index contributed by atoms with van der Waals surface area (Å²) in [4.78, 5) is 12.9. The summed E-state index contributed by atoms with van der Waals surface area (Å²) in [6.07, 6.45) is 4.01. The lowest BCUT2D eigenvalue weighted by molar-refractivity contribution is -0.138. The van der Waals surface area contributed by atoms with E-state index in [9.17, 15) is 4.79 Å². The van der Waals surface area contributed by atoms with Crippen LogP contribution < -0.4 is 0 Å². The third-order valence-corrected chi connectivity index (χ3v) is 3.09. The first-order valence-electron chi connectivity index (χ1n) is 5.52. The van der Waals surface area contributed by atoms with Crippen molar-refractivity contribution in [1.29, 1.82) is 0 Å². The molecule has 1 aliphatic rings. The van der Waals surface area contributed by atoms with E-state index in [1.54, 1.807) is 6.26 Å². The van der Waals surface area contributed by atoms with Crippen LogP contribution >= 0.6 is 0 Å². The van der Waals surface area contributed by atoms with Gasteiger partial charge in [-0.15, -0.1) is 0 Å². The standard InChI is InChI=1S/C12H17NO3/c1-13(8-10-3-2-6-16-10)9-12(4-5-12)7-11(14)15/h2-3,6H,4-5,7-9H2,1H3,(H,14,15). The van der Waals surface area contributed by atoms with E-state index in [1.165, 1.54) is 0 Å². The molecule has 0 amide bonds. The van der Waals surface area contributed by atoms with E-state index >= 15 is 0 Å². The highest BCUT2D eigenvalue weighted by molar-refractivity contribution is 5.68. The maximum atomic E-state index is 10.7. The lowest BCUT2D eigenvalue weighted by Crippen LogP contribution is -2.27. The number of nitrogens with zero attached hydrogens (tertiary/aromatic N) is 1. The molecule has 1 heterocycles. The molecule has 1 aromatic rings. The highest BCUT2D eigenvalue weighted by Crippen LogP contribution is 2.49. The van der Waals surface area contributed by atoms with Gasteiger partial charge in [-0.1, -0.05) is 0 Å². The Morgan fingerprint density at radius 3 is 2.88 bits per heavy atom. The zero-order chi connectivity index (χ0) is 11.6. The van der Waals surface area contributed by atoms with Crippen LogP contribution in [0.1, 0.15) is 25.0 Å². The minimum Gasteiger partial charge on any atom is -0.481 e. The van der Waals surface area contributed by atoms with Crippen molar-refractivity contribution in [2.45, 2.75) is 25.8 Å². The largest absolute Gasteiger partial charge is 0.481 e. The van der Waals surface area contributed by atoms with Crippen molar-refractivity contribution in [3.8, 4) is 0 Å². The maximum Gasteiger partial charge on any atom is 0.303 e. The molecule has 1 aromatic heterocycles. The van der Waals surface area contributed by atoms with Gasteiger partial charge in [-0.05, 0) is 37.4 Å². The van der Waals surface area contributed by atoms with Gasteiger partial charge in [0.25, 0.3) is 0 Å². The Bertz CT molecular complexity index is 354. The number of carbonyl (C=O) groups is 1. The lowest BCUT2D eigenvalue weighted by atomic mass is 10.0. The van der Waals surface area contributed by atoms with E-state index in [-0.39, 0.29) is 11.8 Å². The van der Waals surface area contributed by atoms with Crippen molar-refractivity contribution in [1.82, 2.24) is 4.90 Å². The molecule has 0 bridgehead atoms. The van der Waals surface area contributed by atoms with Crippen molar-refractivity contribution in [2.75, 3.05) is 13.6 Å². The van der Waals surface area contributed by atoms with Gasteiger partial charge in [0.2, 0.25) is 0 Å². The van der Waals surface area contributed by atoms with E-state index in [4.69, 9.17) is 9.52 Å². The van der Waals surface area contributed by atoms with Gasteiger partial charge in [-0.2, -0.15) is 0 Å². The third kappa shape index (κ3) is 2.85. The molecule has 4 nitrogen and oxygen atoms in total. The van der Waals surface area contributed by atoms with Crippen LogP contribution in [-0.4, -0.2) is 29.6 Å². The number of furan rings is 1. The Labute approximate surface area is 94.9 Å². The van der Waals surface area contributed by atoms with Crippen LogP contribution in [0.2, 0.25) is 0 Å². The van der Waals surface area contributed by atoms with Gasteiger partial charge in [-0.3, -0.25) is 9.69 Å². The van der Waals surface area contributed by atoms with E-state index in [2.05, 4.69) is 4.90 Å². The van der Waals surface area contributed by atoms with Gasteiger partial charge in [0, 0.05) is 6.54 Å². The zero-order valence-electron chi connectivity index (χ0n) is 9.48. The third-order valence-electron chi connectivity index (χ3n) is 3.09. The molecule has 1 saturated carbocycles. The van der Waals surface area contributed by atoms with Crippen molar-refractivity contribution in [2.24, 2.45) is 5.41 Å². The van der Waals surface area contributed by atoms with Gasteiger partial charge in [0.15, 0.2) is 0 Å². The first-order chi connectivity index (χ1) is 7.60. The van der Waals surface area contributed by atoms with Crippen LogP contribution in [0.4, 0.5) is 0 Å². The van der Waals surface area contributed by atoms with Crippen LogP contribution in [-0.2, 0) is 11.3 Å². The van der Waals surface area contributed by atoms with Crippen molar-refractivity contribution in [3.63, 3.8) is 0 Å². The second kappa shape index (κ2) is 4.29. The van der Waals surface area contributed by atoms with E-state index in [0.717, 1.165) is 31.7 Å². The average molecular weight is 223 g/mol. The quantitative estimate of drug-likeness (QED) is 0.801. The predicted octanol–water partition coefficient (Wildman–Crippen LogP) is 1.97. The summed E-state index contributed by atoms with van der Waals surface area (Å²) >= 11 is 0. The SMILES string of the molecule is CN(Cc1ccco1)CC1(CC(=O)O)CC1. The minimum absolute atomic E-state index is 0.0210. The minimum atomic E-state index is -0.691. The highest BCUT2D eigenvalue weighted by atomic mass is 16.4. The summed E-state index contributed by atoms with van der Waals surface area (Å²) in [5.74, 6) is 0.234. The molecule has 1 N–H and O–H groups in total. The summed E-state index contributed by atoms with van der Waals surface area (Å²) in [5.41, 5.74) is 0.0210. The van der Waals surface area contributed by atoms with Crippen molar-refractivity contribution < 1.29 is 14.3 Å². The number of carboxylic acids is 1. The second-order valence-corrected chi connectivity index (χ2v) is 4.82. The number of aliphatic carboxylic acids is 1. The van der Waals surface area contributed by atoms with Gasteiger partial charge in [-0.25, -0.2) is 0 Å². The molecule has 0 atom stereocenters. The Morgan fingerprint density at radius 1 is 1.62 bits per heavy atom. The van der Waals surface area contributed by atoms with E-state index in [1.807, 2.05) is 19.2 Å². The summed E-state index contributed by atoms with van der Waals surface area (Å²) in [5, 5.41) is 8.82. The van der Waals surface area contributed by atoms with Crippen LogP contribution in [0.3, 0.4) is 0 Å². The molecular weight excluding hydrogens is 206 g/mol. The molecule has 88 valence electrons. The number of hydrogen-bond acceptors (Lipinski definition) is 3. The molecule has 0 unspecified atom stereocenters. The van der Waals surface area contributed by atoms with Crippen LogP contribution in [0.5, 0.6) is 0 Å². The molecule has 0 aliphatic heterocycles. The molecule has 2 rings (SSSR count). The Kier molecular flexibility index (Phi) is 3.01. The normalized spacial score (nSPS) is 17.6. The first kappa shape index (κ1) is 11.2. The maximum absolute atomic E-state index is 10.7. The molecule has 4 heteroatoms. The first-order valence-corrected chi connectivity index (χ1v) is 5.52. The van der Waals surface area contributed by atoms with Crippen LogP contribution in [0, 0.1) is 5.41 Å². The second-order valence-electron chi connectivity index (χ2n) is 4.82. The van der Waals surface area contributed by atoms with Gasteiger partial charge >= 0.3 is 5.97 Å². The Morgan fingerprint density at radius 2 is 2.38 bits per heavy atom. The smallest absolute Gasteiger partial charge is 0.303 e. The molecule has 0 radical (unpaired) electrons. The lowest BCUT2D eigenvalue weighted by Gasteiger charge is -2.21. The topological polar surface area (TPSA) is 53.7 Å². The molecule has 0 spiro atoms. The van der Waals surface area contributed by atoms with E-state index < -0.39 is 5.97 Å². The Hall–Kier alpha value is -1.29. The molecule has 1 aliphatic carbocycles. The summed E-state index contributed by atoms with van der Waals surface area (Å²) < 4.78 is 5.26. The van der Waals surface area contributed by atoms with Gasteiger partial charge in [0.1, 0.15) is 5.76 Å². The Balaban J connectivity index is 1.83. The molecular formula is C12H17NO3. The van der Waals surface area contributed by atoms with Crippen LogP contribution in [0.25, 0.3) is 0 Å². The fraction of sp³-hybridized carbons (Fsp3) is 0.583. The summed E-state index contributed by atoms with van der Waals surface area (Å²) in [6.45, 7) is 1.58. The van der Waals surface area contributed by atoms with Crippen molar-refractivity contribution >= 4 is 5.97 Å². The van der Waals surface area contributed by atoms with Crippen LogP contribution in [0.15, 0.2) is 22.8 Å². The summed E-state index contributed by atoms with van der Waals surface area (Å²) in [6, 6.07) is 3.81. The molecule has 0 aromatic carbocycles. The van der Waals surface area contributed by atoms with Gasteiger partial charge in [0.05, 0.1) is 19.2 Å². The van der Waals surface area contributed by atoms with Crippen molar-refractivity contribution in [3.05, 3.63) is 24.2 Å².